The highest BCUT2D eigenvalue weighted by atomic mass is 16.1. The van der Waals surface area contributed by atoms with Crippen LogP contribution in [-0.2, 0) is 6.54 Å². The zero-order chi connectivity index (χ0) is 8.55. The predicted molar refractivity (Wildman–Crippen MR) is 47.3 cm³/mol. The van der Waals surface area contributed by atoms with Gasteiger partial charge in [0, 0.05) is 24.2 Å². The van der Waals surface area contributed by atoms with E-state index in [0.717, 1.165) is 12.2 Å². The minimum Gasteiger partial charge on any atom is -0.299 e. The Kier molecular flexibility index (Phi) is 1.79. The summed E-state index contributed by atoms with van der Waals surface area (Å²) in [7, 11) is 0. The van der Waals surface area contributed by atoms with E-state index < -0.39 is 0 Å². The maximum Gasteiger partial charge on any atom is 0.266 e. The Hall–Kier alpha value is -0.990. The molecule has 3 nitrogen and oxygen atoms in total. The fourth-order valence-corrected chi connectivity index (χ4v) is 1.62. The Morgan fingerprint density at radius 3 is 2.83 bits per heavy atom. The van der Waals surface area contributed by atoms with E-state index >= 15 is 0 Å². The number of aromatic nitrogens is 2. The molecule has 0 unspecified atom stereocenters. The van der Waals surface area contributed by atoms with Crippen molar-refractivity contribution in [3.8, 4) is 0 Å². The van der Waals surface area contributed by atoms with Crippen LogP contribution in [0.5, 0.6) is 0 Å². The molecule has 1 aromatic rings. The molecule has 1 saturated carbocycles. The van der Waals surface area contributed by atoms with Crippen molar-refractivity contribution in [3.63, 3.8) is 0 Å². The Balaban J connectivity index is 2.27. The first-order valence-electron chi connectivity index (χ1n) is 4.61. The number of hydrogen-bond acceptors (Lipinski definition) is 1. The average molecular weight is 166 g/mol. The molecular weight excluding hydrogens is 152 g/mol. The van der Waals surface area contributed by atoms with Crippen LogP contribution >= 0.6 is 0 Å². The molecule has 0 atom stereocenters. The number of aryl methyl sites for hydroxylation is 1. The van der Waals surface area contributed by atoms with Gasteiger partial charge in [0.1, 0.15) is 0 Å². The maximum absolute atomic E-state index is 11.2. The number of rotatable bonds is 2. The van der Waals surface area contributed by atoms with Crippen LogP contribution in [0.15, 0.2) is 10.9 Å². The Morgan fingerprint density at radius 1 is 1.67 bits per heavy atom. The lowest BCUT2D eigenvalue weighted by Gasteiger charge is -2.23. The molecule has 0 radical (unpaired) electrons. The molecule has 2 rings (SSSR count). The van der Waals surface area contributed by atoms with Crippen molar-refractivity contribution in [2.75, 3.05) is 0 Å². The lowest BCUT2D eigenvalue weighted by molar-refractivity contribution is 0.406. The second kappa shape index (κ2) is 2.81. The first kappa shape index (κ1) is 7.65. The molecule has 0 bridgehead atoms. The zero-order valence-corrected chi connectivity index (χ0v) is 7.34. The molecule has 1 aliphatic carbocycles. The fraction of sp³-hybridized carbons (Fsp3) is 0.667. The molecule has 1 aliphatic rings. The van der Waals surface area contributed by atoms with Gasteiger partial charge >= 0.3 is 0 Å². The van der Waals surface area contributed by atoms with Gasteiger partial charge in [-0.2, -0.15) is 0 Å². The van der Waals surface area contributed by atoms with E-state index in [1.165, 1.54) is 19.3 Å². The van der Waals surface area contributed by atoms with Crippen LogP contribution in [0.3, 0.4) is 0 Å². The van der Waals surface area contributed by atoms with Gasteiger partial charge in [-0.15, -0.1) is 0 Å². The maximum atomic E-state index is 11.2. The van der Waals surface area contributed by atoms with Crippen molar-refractivity contribution in [2.45, 2.75) is 38.6 Å². The first-order chi connectivity index (χ1) is 5.81. The molecule has 1 fully saturated rings. The number of hydrogen-bond donors (Lipinski definition) is 1. The van der Waals surface area contributed by atoms with Gasteiger partial charge in [-0.25, -0.2) is 0 Å². The van der Waals surface area contributed by atoms with Crippen molar-refractivity contribution in [3.05, 3.63) is 22.1 Å². The van der Waals surface area contributed by atoms with E-state index in [1.54, 1.807) is 10.7 Å². The molecule has 1 aromatic heterocycles. The number of nitrogens with one attached hydrogen (secondary N) is 1. The van der Waals surface area contributed by atoms with Gasteiger partial charge in [-0.1, -0.05) is 6.42 Å². The number of nitrogens with zero attached hydrogens (tertiary/aromatic N) is 1. The van der Waals surface area contributed by atoms with E-state index in [0.29, 0.717) is 5.92 Å². The summed E-state index contributed by atoms with van der Waals surface area (Å²) in [4.78, 5) is 11.2. The van der Waals surface area contributed by atoms with Crippen molar-refractivity contribution in [2.24, 2.45) is 0 Å². The highest BCUT2D eigenvalue weighted by Crippen LogP contribution is 2.34. The van der Waals surface area contributed by atoms with E-state index in [-0.39, 0.29) is 5.56 Å². The summed E-state index contributed by atoms with van der Waals surface area (Å²) in [6.07, 6.45) is 3.79. The molecule has 0 aliphatic heterocycles. The normalized spacial score (nSPS) is 17.8. The van der Waals surface area contributed by atoms with Gasteiger partial charge in [0.2, 0.25) is 0 Å². The van der Waals surface area contributed by atoms with Crippen molar-refractivity contribution in [1.82, 2.24) is 9.78 Å². The van der Waals surface area contributed by atoms with Crippen molar-refractivity contribution < 1.29 is 0 Å². The molecule has 1 N–H and O–H groups in total. The van der Waals surface area contributed by atoms with Gasteiger partial charge < -0.3 is 0 Å². The molecule has 0 spiro atoms. The molecule has 0 amide bonds. The second-order valence-corrected chi connectivity index (χ2v) is 3.42. The highest BCUT2D eigenvalue weighted by molar-refractivity contribution is 5.09. The Morgan fingerprint density at radius 2 is 2.42 bits per heavy atom. The SMILES string of the molecule is CCn1[nH]c(C2CCC2)cc1=O. The van der Waals surface area contributed by atoms with Gasteiger partial charge in [-0.05, 0) is 19.8 Å². The fourth-order valence-electron chi connectivity index (χ4n) is 1.62. The highest BCUT2D eigenvalue weighted by Gasteiger charge is 2.21. The lowest BCUT2D eigenvalue weighted by Crippen LogP contribution is -2.14. The van der Waals surface area contributed by atoms with E-state index in [2.05, 4.69) is 5.10 Å². The smallest absolute Gasteiger partial charge is 0.266 e. The molecule has 12 heavy (non-hydrogen) atoms. The van der Waals surface area contributed by atoms with E-state index in [4.69, 9.17) is 0 Å². The van der Waals surface area contributed by atoms with Crippen LogP contribution in [0.25, 0.3) is 0 Å². The quantitative estimate of drug-likeness (QED) is 0.709. The molecule has 66 valence electrons. The standard InChI is InChI=1S/C9H14N2O/c1-2-11-9(12)6-8(10-11)7-4-3-5-7/h6-7,10H,2-5H2,1H3. The van der Waals surface area contributed by atoms with Crippen molar-refractivity contribution >= 4 is 0 Å². The van der Waals surface area contributed by atoms with E-state index in [9.17, 15) is 4.79 Å². The topological polar surface area (TPSA) is 37.8 Å². The van der Waals surface area contributed by atoms with Crippen LogP contribution in [-0.4, -0.2) is 9.78 Å². The zero-order valence-electron chi connectivity index (χ0n) is 7.34. The number of aromatic amines is 1. The van der Waals surface area contributed by atoms with Gasteiger partial charge in [0.25, 0.3) is 5.56 Å². The summed E-state index contributed by atoms with van der Waals surface area (Å²) in [6.45, 7) is 2.72. The van der Waals surface area contributed by atoms with Crippen LogP contribution in [0, 0.1) is 0 Å². The molecular formula is C9H14N2O. The summed E-state index contributed by atoms with van der Waals surface area (Å²) in [5.74, 6) is 0.630. The monoisotopic (exact) mass is 166 g/mol. The average Bonchev–Trinajstić information content (AvgIpc) is 2.27. The van der Waals surface area contributed by atoms with Gasteiger partial charge in [0.05, 0.1) is 0 Å². The Labute approximate surface area is 71.4 Å². The van der Waals surface area contributed by atoms with Crippen LogP contribution in [0.1, 0.15) is 37.8 Å². The number of H-pyrrole nitrogens is 1. The second-order valence-electron chi connectivity index (χ2n) is 3.42. The predicted octanol–water partition coefficient (Wildman–Crippen LogP) is 1.46. The third kappa shape index (κ3) is 1.09. The lowest BCUT2D eigenvalue weighted by atomic mass is 9.83. The molecule has 1 heterocycles. The van der Waals surface area contributed by atoms with Crippen LogP contribution < -0.4 is 5.56 Å². The van der Waals surface area contributed by atoms with Gasteiger partial charge in [0.15, 0.2) is 0 Å². The third-order valence-electron chi connectivity index (χ3n) is 2.67. The first-order valence-corrected chi connectivity index (χ1v) is 4.61. The third-order valence-corrected chi connectivity index (χ3v) is 2.67. The largest absolute Gasteiger partial charge is 0.299 e. The van der Waals surface area contributed by atoms with Crippen LogP contribution in [0.4, 0.5) is 0 Å². The summed E-state index contributed by atoms with van der Waals surface area (Å²) < 4.78 is 1.66. The van der Waals surface area contributed by atoms with Crippen LogP contribution in [0.2, 0.25) is 0 Å². The molecule has 0 aromatic carbocycles. The van der Waals surface area contributed by atoms with E-state index in [1.807, 2.05) is 6.92 Å². The summed E-state index contributed by atoms with van der Waals surface area (Å²) in [5.41, 5.74) is 1.24. The van der Waals surface area contributed by atoms with Crippen molar-refractivity contribution in [1.29, 1.82) is 0 Å². The summed E-state index contributed by atoms with van der Waals surface area (Å²) in [5, 5.41) is 3.14. The minimum atomic E-state index is 0.111. The molecule has 3 heteroatoms. The minimum absolute atomic E-state index is 0.111. The summed E-state index contributed by atoms with van der Waals surface area (Å²) in [6, 6.07) is 1.74. The summed E-state index contributed by atoms with van der Waals surface area (Å²) >= 11 is 0. The Bertz CT molecular complexity index is 320. The van der Waals surface area contributed by atoms with Gasteiger partial charge in [-0.3, -0.25) is 14.6 Å². The molecule has 0 saturated heterocycles.